The standard InChI is InChI=1S/C14H24N4O2S2/c1-12-4-6-13(7-5-12)22(19,20)18-9-8-16-14(15-2)17-10-11-21-3/h4-7,18H,8-11H2,1-3H3,(H2,15,16,17). The van der Waals surface area contributed by atoms with Crippen LogP contribution in [0.15, 0.2) is 34.2 Å². The Morgan fingerprint density at radius 1 is 1.14 bits per heavy atom. The van der Waals surface area contributed by atoms with Crippen molar-refractivity contribution in [1.29, 1.82) is 0 Å². The maximum absolute atomic E-state index is 12.1. The zero-order valence-corrected chi connectivity index (χ0v) is 14.9. The third-order valence-corrected chi connectivity index (χ3v) is 4.95. The minimum atomic E-state index is -3.46. The Balaban J connectivity index is 2.38. The zero-order chi connectivity index (χ0) is 16.4. The summed E-state index contributed by atoms with van der Waals surface area (Å²) in [6.45, 7) is 3.49. The number of aryl methyl sites for hydroxylation is 1. The van der Waals surface area contributed by atoms with Crippen LogP contribution >= 0.6 is 11.8 Å². The van der Waals surface area contributed by atoms with Gasteiger partial charge in [-0.3, -0.25) is 4.99 Å². The predicted molar refractivity (Wildman–Crippen MR) is 94.1 cm³/mol. The van der Waals surface area contributed by atoms with E-state index in [0.717, 1.165) is 17.9 Å². The SMILES string of the molecule is CN=C(NCCNS(=O)(=O)c1ccc(C)cc1)NCCSC. The molecule has 8 heteroatoms. The van der Waals surface area contributed by atoms with E-state index in [1.807, 2.05) is 13.2 Å². The van der Waals surface area contributed by atoms with Gasteiger partial charge in [0.25, 0.3) is 0 Å². The van der Waals surface area contributed by atoms with Crippen LogP contribution in [-0.2, 0) is 10.0 Å². The molecule has 0 heterocycles. The van der Waals surface area contributed by atoms with Crippen molar-refractivity contribution < 1.29 is 8.42 Å². The highest BCUT2D eigenvalue weighted by Crippen LogP contribution is 2.09. The fourth-order valence-electron chi connectivity index (χ4n) is 1.66. The third-order valence-electron chi connectivity index (χ3n) is 2.86. The number of aliphatic imine (C=N–C) groups is 1. The summed E-state index contributed by atoms with van der Waals surface area (Å²) >= 11 is 1.75. The molecule has 0 bridgehead atoms. The molecule has 1 aromatic rings. The number of hydrogen-bond donors (Lipinski definition) is 3. The highest BCUT2D eigenvalue weighted by atomic mass is 32.2. The Morgan fingerprint density at radius 2 is 1.77 bits per heavy atom. The van der Waals surface area contributed by atoms with Gasteiger partial charge < -0.3 is 10.6 Å². The Morgan fingerprint density at radius 3 is 2.36 bits per heavy atom. The summed E-state index contributed by atoms with van der Waals surface area (Å²) in [6, 6.07) is 6.77. The summed E-state index contributed by atoms with van der Waals surface area (Å²) in [5.74, 6) is 1.66. The summed E-state index contributed by atoms with van der Waals surface area (Å²) in [5, 5.41) is 6.21. The molecule has 0 fully saturated rings. The minimum Gasteiger partial charge on any atom is -0.356 e. The number of nitrogens with one attached hydrogen (secondary N) is 3. The second-order valence-corrected chi connectivity index (χ2v) is 7.38. The van der Waals surface area contributed by atoms with Crippen molar-refractivity contribution in [2.75, 3.05) is 38.7 Å². The van der Waals surface area contributed by atoms with Crippen LogP contribution in [0.1, 0.15) is 5.56 Å². The van der Waals surface area contributed by atoms with E-state index in [-0.39, 0.29) is 4.90 Å². The summed E-state index contributed by atoms with van der Waals surface area (Å²) < 4.78 is 26.7. The smallest absolute Gasteiger partial charge is 0.240 e. The first-order chi connectivity index (χ1) is 10.5. The monoisotopic (exact) mass is 344 g/mol. The highest BCUT2D eigenvalue weighted by Gasteiger charge is 2.12. The minimum absolute atomic E-state index is 0.278. The van der Waals surface area contributed by atoms with Crippen LogP contribution in [0.4, 0.5) is 0 Å². The molecule has 0 saturated carbocycles. The molecule has 124 valence electrons. The molecule has 0 aliphatic rings. The molecule has 3 N–H and O–H groups in total. The Bertz CT molecular complexity index is 571. The first-order valence-electron chi connectivity index (χ1n) is 6.99. The van der Waals surface area contributed by atoms with Crippen molar-refractivity contribution in [3.05, 3.63) is 29.8 Å². The largest absolute Gasteiger partial charge is 0.356 e. The molecular weight excluding hydrogens is 320 g/mol. The summed E-state index contributed by atoms with van der Waals surface area (Å²) in [7, 11) is -1.77. The van der Waals surface area contributed by atoms with Crippen LogP contribution in [0.2, 0.25) is 0 Å². The lowest BCUT2D eigenvalue weighted by molar-refractivity contribution is 0.580. The molecule has 0 aliphatic carbocycles. The number of guanidine groups is 1. The Kier molecular flexibility index (Phi) is 8.29. The fourth-order valence-corrected chi connectivity index (χ4v) is 3.00. The molecule has 0 aromatic heterocycles. The maximum Gasteiger partial charge on any atom is 0.240 e. The van der Waals surface area contributed by atoms with Crippen molar-refractivity contribution >= 4 is 27.7 Å². The Hall–Kier alpha value is -1.25. The van der Waals surface area contributed by atoms with E-state index < -0.39 is 10.0 Å². The lowest BCUT2D eigenvalue weighted by Gasteiger charge is -2.12. The van der Waals surface area contributed by atoms with E-state index in [1.165, 1.54) is 0 Å². The van der Waals surface area contributed by atoms with E-state index in [1.54, 1.807) is 43.1 Å². The number of rotatable bonds is 8. The van der Waals surface area contributed by atoms with E-state index in [9.17, 15) is 8.42 Å². The lowest BCUT2D eigenvalue weighted by Crippen LogP contribution is -2.42. The van der Waals surface area contributed by atoms with Crippen molar-refractivity contribution in [2.45, 2.75) is 11.8 Å². The van der Waals surface area contributed by atoms with Gasteiger partial charge in [0.05, 0.1) is 4.90 Å². The van der Waals surface area contributed by atoms with E-state index in [4.69, 9.17) is 0 Å². The van der Waals surface area contributed by atoms with Gasteiger partial charge in [-0.25, -0.2) is 13.1 Å². The van der Waals surface area contributed by atoms with Crippen molar-refractivity contribution in [3.63, 3.8) is 0 Å². The van der Waals surface area contributed by atoms with Gasteiger partial charge in [-0.05, 0) is 25.3 Å². The van der Waals surface area contributed by atoms with Crippen molar-refractivity contribution in [1.82, 2.24) is 15.4 Å². The molecule has 0 aliphatic heterocycles. The van der Waals surface area contributed by atoms with E-state index >= 15 is 0 Å². The lowest BCUT2D eigenvalue weighted by atomic mass is 10.2. The van der Waals surface area contributed by atoms with Crippen molar-refractivity contribution in [2.24, 2.45) is 4.99 Å². The summed E-state index contributed by atoms with van der Waals surface area (Å²) in [5.41, 5.74) is 1.03. The molecule has 0 radical (unpaired) electrons. The van der Waals surface area contributed by atoms with Gasteiger partial charge in [0.15, 0.2) is 5.96 Å². The van der Waals surface area contributed by atoms with Gasteiger partial charge in [0.1, 0.15) is 0 Å². The molecular formula is C14H24N4O2S2. The quantitative estimate of drug-likeness (QED) is 0.369. The van der Waals surface area contributed by atoms with Gasteiger partial charge in [-0.2, -0.15) is 11.8 Å². The number of thioether (sulfide) groups is 1. The van der Waals surface area contributed by atoms with Gasteiger partial charge in [0.2, 0.25) is 10.0 Å². The van der Waals surface area contributed by atoms with E-state index in [0.29, 0.717) is 19.0 Å². The van der Waals surface area contributed by atoms with Crippen LogP contribution in [0.3, 0.4) is 0 Å². The number of sulfonamides is 1. The average molecular weight is 345 g/mol. The maximum atomic E-state index is 12.1. The first-order valence-corrected chi connectivity index (χ1v) is 9.87. The Labute approximate surface area is 137 Å². The summed E-state index contributed by atoms with van der Waals surface area (Å²) in [4.78, 5) is 4.35. The average Bonchev–Trinajstić information content (AvgIpc) is 2.50. The van der Waals surface area contributed by atoms with Gasteiger partial charge >= 0.3 is 0 Å². The first kappa shape index (κ1) is 18.8. The second-order valence-electron chi connectivity index (χ2n) is 4.63. The molecule has 0 amide bonds. The van der Waals surface area contributed by atoms with Crippen LogP contribution < -0.4 is 15.4 Å². The number of hydrogen-bond acceptors (Lipinski definition) is 4. The van der Waals surface area contributed by atoms with Gasteiger partial charge in [-0.1, -0.05) is 17.7 Å². The molecule has 0 saturated heterocycles. The fraction of sp³-hybridized carbons (Fsp3) is 0.500. The second kappa shape index (κ2) is 9.70. The van der Waals surface area contributed by atoms with Crippen LogP contribution in [0, 0.1) is 6.92 Å². The third kappa shape index (κ3) is 6.67. The summed E-state index contributed by atoms with van der Waals surface area (Å²) in [6.07, 6.45) is 2.04. The van der Waals surface area contributed by atoms with Crippen LogP contribution in [0.5, 0.6) is 0 Å². The highest BCUT2D eigenvalue weighted by molar-refractivity contribution is 7.98. The van der Waals surface area contributed by atoms with Crippen LogP contribution in [0.25, 0.3) is 0 Å². The molecule has 0 spiro atoms. The molecule has 1 rings (SSSR count). The molecule has 6 nitrogen and oxygen atoms in total. The predicted octanol–water partition coefficient (Wildman–Crippen LogP) is 0.801. The topological polar surface area (TPSA) is 82.6 Å². The van der Waals surface area contributed by atoms with E-state index in [2.05, 4.69) is 20.3 Å². The van der Waals surface area contributed by atoms with Gasteiger partial charge in [0, 0.05) is 32.4 Å². The van der Waals surface area contributed by atoms with Crippen LogP contribution in [-0.4, -0.2) is 53.1 Å². The normalized spacial score (nSPS) is 12.2. The van der Waals surface area contributed by atoms with Crippen molar-refractivity contribution in [3.8, 4) is 0 Å². The molecule has 1 aromatic carbocycles. The van der Waals surface area contributed by atoms with Gasteiger partial charge in [-0.15, -0.1) is 0 Å². The zero-order valence-electron chi connectivity index (χ0n) is 13.2. The molecule has 22 heavy (non-hydrogen) atoms. The number of nitrogens with zero attached hydrogens (tertiary/aromatic N) is 1. The molecule has 0 unspecified atom stereocenters. The molecule has 0 atom stereocenters. The number of benzene rings is 1.